The number of allylic oxidation sites excluding steroid dienone is 1. The summed E-state index contributed by atoms with van der Waals surface area (Å²) in [6, 6.07) is 3.39. The Kier molecular flexibility index (Phi) is 4.50. The minimum absolute atomic E-state index is 0.00945. The van der Waals surface area contributed by atoms with Crippen LogP contribution in [0.2, 0.25) is 0 Å². The third-order valence-corrected chi connectivity index (χ3v) is 3.30. The molecular weight excluding hydrogens is 268 g/mol. The summed E-state index contributed by atoms with van der Waals surface area (Å²) in [6.07, 6.45) is 3.23. The van der Waals surface area contributed by atoms with Gasteiger partial charge in [-0.25, -0.2) is 4.79 Å². The van der Waals surface area contributed by atoms with Crippen LogP contribution in [-0.4, -0.2) is 41.4 Å². The average molecular weight is 290 g/mol. The molecule has 0 unspecified atom stereocenters. The Balaban J connectivity index is 2.35. The Morgan fingerprint density at radius 2 is 2.10 bits per heavy atom. The van der Waals surface area contributed by atoms with Crippen LogP contribution in [0.3, 0.4) is 0 Å². The maximum absolute atomic E-state index is 12.6. The van der Waals surface area contributed by atoms with Gasteiger partial charge in [0, 0.05) is 32.4 Å². The van der Waals surface area contributed by atoms with E-state index in [-0.39, 0.29) is 17.9 Å². The molecule has 1 aliphatic rings. The highest BCUT2D eigenvalue weighted by Crippen LogP contribution is 2.23. The summed E-state index contributed by atoms with van der Waals surface area (Å²) >= 11 is 0. The van der Waals surface area contributed by atoms with Crippen molar-refractivity contribution in [2.45, 2.75) is 39.3 Å². The van der Waals surface area contributed by atoms with Crippen molar-refractivity contribution >= 4 is 11.8 Å². The first-order chi connectivity index (χ1) is 9.90. The first kappa shape index (κ1) is 15.4. The van der Waals surface area contributed by atoms with Crippen LogP contribution in [-0.2, 0) is 11.3 Å². The predicted molar refractivity (Wildman–Crippen MR) is 80.3 cm³/mol. The van der Waals surface area contributed by atoms with E-state index in [1.165, 1.54) is 0 Å². The van der Waals surface area contributed by atoms with Crippen LogP contribution in [0.15, 0.2) is 23.9 Å². The molecule has 0 aliphatic carbocycles. The molecule has 5 nitrogen and oxygen atoms in total. The molecule has 0 amide bonds. The summed E-state index contributed by atoms with van der Waals surface area (Å²) in [5.41, 5.74) is 1.80. The number of esters is 1. The van der Waals surface area contributed by atoms with Crippen molar-refractivity contribution in [3.05, 3.63) is 35.3 Å². The number of ketones is 1. The zero-order valence-electron chi connectivity index (χ0n) is 13.0. The number of rotatable bonds is 3. The molecule has 114 valence electrons. The number of hydrogen-bond donors (Lipinski definition) is 0. The van der Waals surface area contributed by atoms with Crippen molar-refractivity contribution < 1.29 is 14.3 Å². The van der Waals surface area contributed by atoms with Gasteiger partial charge in [0.1, 0.15) is 5.69 Å². The lowest BCUT2D eigenvalue weighted by Gasteiger charge is -2.11. The van der Waals surface area contributed by atoms with Gasteiger partial charge in [-0.2, -0.15) is 0 Å². The lowest BCUT2D eigenvalue weighted by atomic mass is 10.1. The van der Waals surface area contributed by atoms with Crippen LogP contribution in [0, 0.1) is 0 Å². The molecule has 0 N–H and O–H groups in total. The summed E-state index contributed by atoms with van der Waals surface area (Å²) in [4.78, 5) is 26.5. The van der Waals surface area contributed by atoms with Crippen LogP contribution in [0.25, 0.3) is 0 Å². The molecule has 0 spiro atoms. The van der Waals surface area contributed by atoms with Gasteiger partial charge in [0.05, 0.1) is 11.8 Å². The third-order valence-electron chi connectivity index (χ3n) is 3.30. The molecule has 2 rings (SSSR count). The third kappa shape index (κ3) is 3.35. The lowest BCUT2D eigenvalue weighted by Crippen LogP contribution is -2.18. The van der Waals surface area contributed by atoms with E-state index in [0.29, 0.717) is 17.9 Å². The van der Waals surface area contributed by atoms with Crippen LogP contribution >= 0.6 is 0 Å². The van der Waals surface area contributed by atoms with Crippen LogP contribution in [0.1, 0.15) is 47.7 Å². The summed E-state index contributed by atoms with van der Waals surface area (Å²) in [5.74, 6) is -0.381. The summed E-state index contributed by atoms with van der Waals surface area (Å²) in [5, 5.41) is 0. The topological polar surface area (TPSA) is 51.5 Å². The second-order valence-electron chi connectivity index (χ2n) is 5.76. The van der Waals surface area contributed by atoms with E-state index in [0.717, 1.165) is 18.4 Å². The number of Topliss-reactive ketones (excluding diaryl/α,β-unsaturated/α-hetero) is 1. The minimum Gasteiger partial charge on any atom is -0.458 e. The van der Waals surface area contributed by atoms with Crippen molar-refractivity contribution in [3.63, 3.8) is 0 Å². The van der Waals surface area contributed by atoms with Crippen LogP contribution in [0.5, 0.6) is 0 Å². The number of carbonyl (C=O) groups is 2. The highest BCUT2D eigenvalue weighted by atomic mass is 16.5. The van der Waals surface area contributed by atoms with Gasteiger partial charge in [-0.15, -0.1) is 0 Å². The molecule has 0 saturated heterocycles. The number of aromatic nitrogens is 1. The van der Waals surface area contributed by atoms with Crippen molar-refractivity contribution in [1.29, 1.82) is 0 Å². The van der Waals surface area contributed by atoms with Gasteiger partial charge in [-0.1, -0.05) is 0 Å². The Bertz CT molecular complexity index is 582. The molecule has 2 heterocycles. The van der Waals surface area contributed by atoms with Crippen LogP contribution in [0.4, 0.5) is 0 Å². The Labute approximate surface area is 125 Å². The molecule has 0 atom stereocenters. The molecule has 1 aromatic heterocycles. The summed E-state index contributed by atoms with van der Waals surface area (Å²) in [7, 11) is 3.80. The Morgan fingerprint density at radius 1 is 1.38 bits per heavy atom. The van der Waals surface area contributed by atoms with Crippen molar-refractivity contribution in [2.75, 3.05) is 14.1 Å². The molecule has 0 bridgehead atoms. The van der Waals surface area contributed by atoms with E-state index in [9.17, 15) is 9.59 Å². The number of carbonyl (C=O) groups excluding carboxylic acids is 2. The van der Waals surface area contributed by atoms with E-state index in [4.69, 9.17) is 4.74 Å². The van der Waals surface area contributed by atoms with E-state index in [2.05, 4.69) is 0 Å². The van der Waals surface area contributed by atoms with E-state index in [1.54, 1.807) is 16.7 Å². The lowest BCUT2D eigenvalue weighted by molar-refractivity contribution is 0.0365. The zero-order chi connectivity index (χ0) is 15.6. The number of nitrogens with zero attached hydrogens (tertiary/aromatic N) is 2. The number of fused-ring (bicyclic) bond motifs is 1. The first-order valence-electron chi connectivity index (χ1n) is 7.22. The van der Waals surface area contributed by atoms with Gasteiger partial charge < -0.3 is 14.2 Å². The highest BCUT2D eigenvalue weighted by molar-refractivity contribution is 6.08. The van der Waals surface area contributed by atoms with Gasteiger partial charge in [-0.05, 0) is 38.8 Å². The molecule has 21 heavy (non-hydrogen) atoms. The smallest absolute Gasteiger partial charge is 0.355 e. The second-order valence-corrected chi connectivity index (χ2v) is 5.76. The van der Waals surface area contributed by atoms with Gasteiger partial charge >= 0.3 is 5.97 Å². The van der Waals surface area contributed by atoms with Crippen LogP contribution < -0.4 is 0 Å². The van der Waals surface area contributed by atoms with E-state index >= 15 is 0 Å². The molecule has 1 aliphatic heterocycles. The standard InChI is InChI=1S/C16H22N2O3/c1-11(2)21-16(20)14-8-7-13-15(19)12(10-17(3)4)6-5-9-18(13)14/h7-8,10-11H,5-6,9H2,1-4H3/b12-10-. The second kappa shape index (κ2) is 6.16. The minimum atomic E-state index is -0.371. The highest BCUT2D eigenvalue weighted by Gasteiger charge is 2.25. The Morgan fingerprint density at radius 3 is 2.71 bits per heavy atom. The van der Waals surface area contributed by atoms with E-state index in [1.807, 2.05) is 39.0 Å². The molecule has 5 heteroatoms. The van der Waals surface area contributed by atoms with Crippen molar-refractivity contribution in [1.82, 2.24) is 9.47 Å². The fourth-order valence-corrected chi connectivity index (χ4v) is 2.50. The average Bonchev–Trinajstić information content (AvgIpc) is 2.73. The summed E-state index contributed by atoms with van der Waals surface area (Å²) < 4.78 is 7.02. The number of ether oxygens (including phenoxy) is 1. The molecule has 1 aromatic rings. The fourth-order valence-electron chi connectivity index (χ4n) is 2.50. The predicted octanol–water partition coefficient (Wildman–Crippen LogP) is 2.48. The maximum atomic E-state index is 12.6. The van der Waals surface area contributed by atoms with Crippen molar-refractivity contribution in [3.8, 4) is 0 Å². The molecule has 0 fully saturated rings. The van der Waals surface area contributed by atoms with Gasteiger partial charge in [-0.3, -0.25) is 4.79 Å². The number of hydrogen-bond acceptors (Lipinski definition) is 4. The normalized spacial score (nSPS) is 16.8. The maximum Gasteiger partial charge on any atom is 0.355 e. The zero-order valence-corrected chi connectivity index (χ0v) is 13.0. The van der Waals surface area contributed by atoms with Gasteiger partial charge in [0.2, 0.25) is 5.78 Å². The van der Waals surface area contributed by atoms with Gasteiger partial charge in [0.25, 0.3) is 0 Å². The molecule has 0 aromatic carbocycles. The summed E-state index contributed by atoms with van der Waals surface area (Å²) in [6.45, 7) is 4.28. The molecule has 0 radical (unpaired) electrons. The first-order valence-corrected chi connectivity index (χ1v) is 7.22. The Hall–Kier alpha value is -2.04. The molecule has 0 saturated carbocycles. The quantitative estimate of drug-likeness (QED) is 0.634. The molecular formula is C16H22N2O3. The fraction of sp³-hybridized carbons (Fsp3) is 0.500. The largest absolute Gasteiger partial charge is 0.458 e. The monoisotopic (exact) mass is 290 g/mol. The SMILES string of the molecule is CC(C)OC(=O)c1ccc2n1CCC/C(=C/N(C)C)C2=O. The van der Waals surface area contributed by atoms with Crippen molar-refractivity contribution in [2.24, 2.45) is 0 Å². The van der Waals surface area contributed by atoms with E-state index < -0.39 is 0 Å². The van der Waals surface area contributed by atoms with Gasteiger partial charge in [0.15, 0.2) is 0 Å².